The van der Waals surface area contributed by atoms with Gasteiger partial charge >= 0.3 is 82.3 Å². The van der Waals surface area contributed by atoms with Crippen LogP contribution in [0.1, 0.15) is 12.8 Å². The molecule has 0 aromatic heterocycles. The van der Waals surface area contributed by atoms with Gasteiger partial charge in [0.15, 0.2) is 0 Å². The predicted octanol–water partition coefficient (Wildman–Crippen LogP) is -1.79. The van der Waals surface area contributed by atoms with Crippen molar-refractivity contribution in [2.75, 3.05) is 0 Å². The summed E-state index contributed by atoms with van der Waals surface area (Å²) in [6.45, 7) is 0. The molecule has 0 saturated heterocycles. The van der Waals surface area contributed by atoms with E-state index in [-0.39, 0.29) is 21.8 Å². The van der Waals surface area contributed by atoms with Crippen LogP contribution in [0.2, 0.25) is 0 Å². The van der Waals surface area contributed by atoms with E-state index >= 15 is 0 Å². The van der Waals surface area contributed by atoms with Crippen molar-refractivity contribution < 1.29 is 21.8 Å². The van der Waals surface area contributed by atoms with E-state index in [0.29, 0.717) is 0 Å². The number of hydrogen-bond acceptors (Lipinski definition) is 3. The maximum atomic E-state index is 4.37. The number of amidine groups is 1. The Morgan fingerprint density at radius 3 is 3.17 bits per heavy atom. The van der Waals surface area contributed by atoms with Gasteiger partial charge < -0.3 is 0 Å². The number of rotatable bonds is 1. The summed E-state index contributed by atoms with van der Waals surface area (Å²) in [5.74, 6) is 1.03. The van der Waals surface area contributed by atoms with Crippen molar-refractivity contribution in [1.29, 1.82) is 0 Å². The fourth-order valence-electron chi connectivity index (χ4n) is 1.14. The second kappa shape index (κ2) is 3.84. The molecule has 0 atom stereocenters. The molecule has 0 bridgehead atoms. The zero-order chi connectivity index (χ0) is 8.23. The number of halogens is 1. The van der Waals surface area contributed by atoms with Gasteiger partial charge in [-0.3, -0.25) is 0 Å². The third kappa shape index (κ3) is 1.74. The molecular weight excluding hydrogens is 265 g/mol. The molecule has 0 spiro atoms. The van der Waals surface area contributed by atoms with Gasteiger partial charge in [0.05, 0.1) is 0 Å². The average Bonchev–Trinajstić information content (AvgIpc) is 2.21. The monoisotopic (exact) mass is 274 g/mol. The third-order valence-corrected chi connectivity index (χ3v) is 2.96. The Morgan fingerprint density at radius 1 is 1.50 bits per heavy atom. The Kier molecular flexibility index (Phi) is 2.55. The molecule has 1 aliphatic heterocycles. The Balaban J connectivity index is 2.13. The van der Waals surface area contributed by atoms with E-state index in [1.807, 2.05) is 0 Å². The molecule has 0 unspecified atom stereocenters. The van der Waals surface area contributed by atoms with Gasteiger partial charge in [-0.2, -0.15) is 0 Å². The molecular formula is C8H9IN3-. The van der Waals surface area contributed by atoms with E-state index in [1.165, 1.54) is 5.57 Å². The van der Waals surface area contributed by atoms with Gasteiger partial charge in [0.25, 0.3) is 0 Å². The summed E-state index contributed by atoms with van der Waals surface area (Å²) in [5, 5.41) is 3.07. The Hall–Kier alpha value is -0.650. The number of nitrogens with zero attached hydrogens (tertiary/aromatic N) is 2. The Labute approximate surface area is 82.3 Å². The normalized spacial score (nSPS) is 22.0. The molecule has 2 rings (SSSR count). The SMILES string of the molecule is C1=CCCC(C2=N[I-]N=CN2)=C1. The van der Waals surface area contributed by atoms with Gasteiger partial charge in [0.1, 0.15) is 0 Å². The van der Waals surface area contributed by atoms with Gasteiger partial charge in [0.2, 0.25) is 0 Å². The molecule has 64 valence electrons. The van der Waals surface area contributed by atoms with E-state index in [2.05, 4.69) is 30.0 Å². The molecule has 0 saturated carbocycles. The molecule has 4 heteroatoms. The van der Waals surface area contributed by atoms with Crippen LogP contribution in [-0.2, 0) is 0 Å². The van der Waals surface area contributed by atoms with Crippen molar-refractivity contribution in [3.05, 3.63) is 23.8 Å². The van der Waals surface area contributed by atoms with Gasteiger partial charge in [-0.05, 0) is 0 Å². The summed E-state index contributed by atoms with van der Waals surface area (Å²) in [5.41, 5.74) is 1.31. The summed E-state index contributed by atoms with van der Waals surface area (Å²) in [6.07, 6.45) is 10.4. The molecule has 1 N–H and O–H groups in total. The van der Waals surface area contributed by atoms with Crippen LogP contribution in [-0.4, -0.2) is 12.2 Å². The predicted molar refractivity (Wildman–Crippen MR) is 45.5 cm³/mol. The van der Waals surface area contributed by atoms with E-state index in [0.717, 1.165) is 18.7 Å². The summed E-state index contributed by atoms with van der Waals surface area (Å²) >= 11 is -0.322. The number of nitrogens with one attached hydrogen (secondary N) is 1. The Morgan fingerprint density at radius 2 is 2.50 bits per heavy atom. The fourth-order valence-corrected chi connectivity index (χ4v) is 2.19. The van der Waals surface area contributed by atoms with Crippen LogP contribution in [0, 0.1) is 0 Å². The number of allylic oxidation sites excluding steroid dienone is 3. The van der Waals surface area contributed by atoms with Crippen molar-refractivity contribution >= 4 is 12.2 Å². The van der Waals surface area contributed by atoms with Gasteiger partial charge in [-0.25, -0.2) is 0 Å². The molecule has 0 fully saturated rings. The summed E-state index contributed by atoms with van der Waals surface area (Å²) in [7, 11) is 0. The van der Waals surface area contributed by atoms with Crippen LogP contribution in [0.15, 0.2) is 30.2 Å². The second-order valence-electron chi connectivity index (χ2n) is 2.54. The standard InChI is InChI=1S/C8H9IN3/c1-2-4-7(5-3-1)8-10-6-11-9-12-8/h1-2,4,6H,3,5H2,(H,10,11,12)/q-1. The molecule has 0 radical (unpaired) electrons. The first-order valence-corrected chi connectivity index (χ1v) is 5.76. The molecule has 0 aromatic carbocycles. The number of hydrogen-bond donors (Lipinski definition) is 1. The van der Waals surface area contributed by atoms with Crippen LogP contribution < -0.4 is 27.1 Å². The van der Waals surface area contributed by atoms with Gasteiger partial charge in [-0.15, -0.1) is 0 Å². The molecule has 1 aliphatic carbocycles. The van der Waals surface area contributed by atoms with Gasteiger partial charge in [0, 0.05) is 0 Å². The summed E-state index contributed by atoms with van der Waals surface area (Å²) in [4.78, 5) is 0. The zero-order valence-electron chi connectivity index (χ0n) is 6.50. The maximum absolute atomic E-state index is 4.37. The minimum atomic E-state index is -0.322. The van der Waals surface area contributed by atoms with Crippen molar-refractivity contribution in [3.8, 4) is 0 Å². The molecule has 3 nitrogen and oxygen atoms in total. The van der Waals surface area contributed by atoms with E-state index < -0.39 is 0 Å². The van der Waals surface area contributed by atoms with Gasteiger partial charge in [-0.1, -0.05) is 0 Å². The van der Waals surface area contributed by atoms with Crippen molar-refractivity contribution in [2.24, 2.45) is 6.41 Å². The fraction of sp³-hybridized carbons (Fsp3) is 0.250. The van der Waals surface area contributed by atoms with Crippen LogP contribution in [0.4, 0.5) is 0 Å². The van der Waals surface area contributed by atoms with Crippen LogP contribution in [0.3, 0.4) is 0 Å². The van der Waals surface area contributed by atoms with Crippen molar-refractivity contribution in [2.45, 2.75) is 12.8 Å². The van der Waals surface area contributed by atoms with Crippen molar-refractivity contribution in [3.63, 3.8) is 0 Å². The van der Waals surface area contributed by atoms with Crippen molar-refractivity contribution in [1.82, 2.24) is 5.32 Å². The van der Waals surface area contributed by atoms with Crippen LogP contribution >= 0.6 is 0 Å². The molecule has 0 amide bonds. The minimum absolute atomic E-state index is 0.322. The average molecular weight is 274 g/mol. The zero-order valence-corrected chi connectivity index (χ0v) is 8.65. The topological polar surface area (TPSA) is 36.8 Å². The third-order valence-electron chi connectivity index (χ3n) is 1.73. The van der Waals surface area contributed by atoms with E-state index in [9.17, 15) is 0 Å². The van der Waals surface area contributed by atoms with Crippen LogP contribution in [0.25, 0.3) is 0 Å². The molecule has 0 aromatic rings. The van der Waals surface area contributed by atoms with Crippen LogP contribution in [0.5, 0.6) is 0 Å². The molecule has 1 heterocycles. The van der Waals surface area contributed by atoms with E-state index in [4.69, 9.17) is 0 Å². The first-order chi connectivity index (χ1) is 5.97. The second-order valence-corrected chi connectivity index (χ2v) is 4.01. The first-order valence-electron chi connectivity index (χ1n) is 3.83. The van der Waals surface area contributed by atoms with E-state index in [1.54, 1.807) is 6.34 Å². The summed E-state index contributed by atoms with van der Waals surface area (Å²) < 4.78 is 8.43. The quantitative estimate of drug-likeness (QED) is 0.563. The Bertz CT molecular complexity index is 289. The summed E-state index contributed by atoms with van der Waals surface area (Å²) in [6, 6.07) is 0. The molecule has 12 heavy (non-hydrogen) atoms. The first kappa shape index (κ1) is 7.97. The molecule has 2 aliphatic rings.